The van der Waals surface area contributed by atoms with Crippen molar-refractivity contribution in [3.63, 3.8) is 0 Å². The van der Waals surface area contributed by atoms with E-state index >= 15 is 0 Å². The Morgan fingerprint density at radius 3 is 2.60 bits per heavy atom. The fraction of sp³-hybridized carbons (Fsp3) is 0.643. The first kappa shape index (κ1) is 17.6. The third kappa shape index (κ3) is 5.89. The van der Waals surface area contributed by atoms with Gasteiger partial charge in [0.2, 0.25) is 10.0 Å². The SMILES string of the molecule is CCCCCC(C)(C)CNS(=O)(=O)c1cncc(Br)c1. The zero-order chi connectivity index (χ0) is 15.2. The van der Waals surface area contributed by atoms with Crippen LogP contribution in [0.3, 0.4) is 0 Å². The second kappa shape index (κ2) is 7.52. The van der Waals surface area contributed by atoms with Crippen molar-refractivity contribution in [1.82, 2.24) is 9.71 Å². The molecule has 1 N–H and O–H groups in total. The van der Waals surface area contributed by atoms with Crippen molar-refractivity contribution in [3.8, 4) is 0 Å². The molecule has 0 bridgehead atoms. The molecule has 0 amide bonds. The van der Waals surface area contributed by atoms with E-state index in [0.717, 1.165) is 12.8 Å². The predicted molar refractivity (Wildman–Crippen MR) is 85.0 cm³/mol. The third-order valence-corrected chi connectivity index (χ3v) is 4.99. The summed E-state index contributed by atoms with van der Waals surface area (Å²) in [6.07, 6.45) is 7.42. The van der Waals surface area contributed by atoms with Crippen molar-refractivity contribution in [2.75, 3.05) is 6.54 Å². The third-order valence-electron chi connectivity index (χ3n) is 3.19. The summed E-state index contributed by atoms with van der Waals surface area (Å²) in [4.78, 5) is 4.08. The summed E-state index contributed by atoms with van der Waals surface area (Å²) in [5.74, 6) is 0. The fourth-order valence-corrected chi connectivity index (χ4v) is 3.60. The number of sulfonamides is 1. The zero-order valence-electron chi connectivity index (χ0n) is 12.3. The van der Waals surface area contributed by atoms with Crippen LogP contribution in [0.2, 0.25) is 0 Å². The highest BCUT2D eigenvalue weighted by atomic mass is 79.9. The molecule has 0 aliphatic carbocycles. The molecule has 1 aromatic rings. The summed E-state index contributed by atoms with van der Waals surface area (Å²) in [5, 5.41) is 0. The Morgan fingerprint density at radius 2 is 2.00 bits per heavy atom. The molecule has 0 aliphatic heterocycles. The molecule has 0 saturated carbocycles. The quantitative estimate of drug-likeness (QED) is 0.716. The van der Waals surface area contributed by atoms with Crippen LogP contribution in [-0.2, 0) is 10.0 Å². The van der Waals surface area contributed by atoms with Crippen molar-refractivity contribution in [2.24, 2.45) is 5.41 Å². The summed E-state index contributed by atoms with van der Waals surface area (Å²) in [6.45, 7) is 6.77. The molecular formula is C14H23BrN2O2S. The number of halogens is 1. The monoisotopic (exact) mass is 362 g/mol. The van der Waals surface area contributed by atoms with Crippen molar-refractivity contribution in [3.05, 3.63) is 22.9 Å². The van der Waals surface area contributed by atoms with Crippen LogP contribution in [0.1, 0.15) is 46.5 Å². The number of hydrogen-bond donors (Lipinski definition) is 1. The van der Waals surface area contributed by atoms with Crippen LogP contribution in [0.15, 0.2) is 27.8 Å². The normalized spacial score (nSPS) is 12.6. The molecule has 0 radical (unpaired) electrons. The van der Waals surface area contributed by atoms with Crippen LogP contribution in [-0.4, -0.2) is 19.9 Å². The van der Waals surface area contributed by atoms with Crippen molar-refractivity contribution in [1.29, 1.82) is 0 Å². The second-order valence-corrected chi connectivity index (χ2v) is 8.47. The molecule has 0 saturated heterocycles. The van der Waals surface area contributed by atoms with E-state index in [-0.39, 0.29) is 10.3 Å². The molecule has 20 heavy (non-hydrogen) atoms. The number of hydrogen-bond acceptors (Lipinski definition) is 3. The van der Waals surface area contributed by atoms with Gasteiger partial charge in [-0.1, -0.05) is 40.0 Å². The van der Waals surface area contributed by atoms with E-state index in [2.05, 4.69) is 46.4 Å². The van der Waals surface area contributed by atoms with Gasteiger partial charge in [0.1, 0.15) is 4.90 Å². The first-order chi connectivity index (χ1) is 9.27. The Labute approximate surface area is 130 Å². The Hall–Kier alpha value is -0.460. The molecule has 6 heteroatoms. The predicted octanol–water partition coefficient (Wildman–Crippen LogP) is 3.73. The Morgan fingerprint density at radius 1 is 1.30 bits per heavy atom. The minimum atomic E-state index is -3.49. The molecule has 4 nitrogen and oxygen atoms in total. The highest BCUT2D eigenvalue weighted by Gasteiger charge is 2.22. The number of pyridine rings is 1. The van der Waals surface area contributed by atoms with Gasteiger partial charge in [-0.3, -0.25) is 4.98 Å². The summed E-state index contributed by atoms with van der Waals surface area (Å²) < 4.78 is 27.7. The maximum Gasteiger partial charge on any atom is 0.242 e. The van der Waals surface area contributed by atoms with E-state index in [1.165, 1.54) is 19.0 Å². The summed E-state index contributed by atoms with van der Waals surface area (Å²) in [5.41, 5.74) is -0.0400. The summed E-state index contributed by atoms with van der Waals surface area (Å²) in [6, 6.07) is 1.55. The first-order valence-corrected chi connectivity index (χ1v) is 9.15. The smallest absolute Gasteiger partial charge is 0.242 e. The number of rotatable bonds is 8. The van der Waals surface area contributed by atoms with Gasteiger partial charge < -0.3 is 0 Å². The van der Waals surface area contributed by atoms with Crippen LogP contribution in [0.4, 0.5) is 0 Å². The minimum Gasteiger partial charge on any atom is -0.262 e. The van der Waals surface area contributed by atoms with E-state index < -0.39 is 10.0 Å². The van der Waals surface area contributed by atoms with E-state index in [4.69, 9.17) is 0 Å². The lowest BCUT2D eigenvalue weighted by Crippen LogP contribution is -2.34. The lowest BCUT2D eigenvalue weighted by molar-refractivity contribution is 0.320. The maximum absolute atomic E-state index is 12.2. The van der Waals surface area contributed by atoms with Crippen molar-refractivity contribution >= 4 is 26.0 Å². The van der Waals surface area contributed by atoms with E-state index in [0.29, 0.717) is 11.0 Å². The van der Waals surface area contributed by atoms with Gasteiger partial charge in [0.15, 0.2) is 0 Å². The average Bonchev–Trinajstić information content (AvgIpc) is 2.37. The topological polar surface area (TPSA) is 59.1 Å². The maximum atomic E-state index is 12.2. The fourth-order valence-electron chi connectivity index (χ4n) is 1.85. The molecule has 0 unspecified atom stereocenters. The summed E-state index contributed by atoms with van der Waals surface area (Å²) in [7, 11) is -3.49. The van der Waals surface area contributed by atoms with Crippen LogP contribution in [0, 0.1) is 5.41 Å². The molecule has 1 rings (SSSR count). The molecule has 0 aromatic carbocycles. The lowest BCUT2D eigenvalue weighted by Gasteiger charge is -2.24. The molecule has 1 aromatic heterocycles. The van der Waals surface area contributed by atoms with Gasteiger partial charge >= 0.3 is 0 Å². The molecule has 0 fully saturated rings. The van der Waals surface area contributed by atoms with Gasteiger partial charge in [-0.15, -0.1) is 0 Å². The molecular weight excluding hydrogens is 340 g/mol. The van der Waals surface area contributed by atoms with Crippen molar-refractivity contribution < 1.29 is 8.42 Å². The number of aromatic nitrogens is 1. The Balaban J connectivity index is 2.63. The minimum absolute atomic E-state index is 0.0400. The lowest BCUT2D eigenvalue weighted by atomic mass is 9.87. The van der Waals surface area contributed by atoms with Gasteiger partial charge in [-0.25, -0.2) is 13.1 Å². The number of nitrogens with one attached hydrogen (secondary N) is 1. The van der Waals surface area contributed by atoms with Gasteiger partial charge in [0, 0.05) is 23.4 Å². The number of unbranched alkanes of at least 4 members (excludes halogenated alkanes) is 2. The Bertz CT molecular complexity index is 530. The average molecular weight is 363 g/mol. The summed E-state index contributed by atoms with van der Waals surface area (Å²) >= 11 is 3.23. The molecule has 0 aliphatic rings. The van der Waals surface area contributed by atoms with E-state index in [1.807, 2.05) is 0 Å². The standard InChI is InChI=1S/C14H23BrN2O2S/c1-4-5-6-7-14(2,3)11-17-20(18,19)13-8-12(15)9-16-10-13/h8-10,17H,4-7,11H2,1-3H3. The zero-order valence-corrected chi connectivity index (χ0v) is 14.7. The van der Waals surface area contributed by atoms with Crippen molar-refractivity contribution in [2.45, 2.75) is 51.3 Å². The molecule has 0 atom stereocenters. The van der Waals surface area contributed by atoms with Crippen LogP contribution < -0.4 is 4.72 Å². The van der Waals surface area contributed by atoms with Gasteiger partial charge in [-0.2, -0.15) is 0 Å². The Kier molecular flexibility index (Phi) is 6.61. The highest BCUT2D eigenvalue weighted by molar-refractivity contribution is 9.10. The van der Waals surface area contributed by atoms with E-state index in [1.54, 1.807) is 12.3 Å². The number of nitrogens with zero attached hydrogens (tertiary/aromatic N) is 1. The second-order valence-electron chi connectivity index (χ2n) is 5.78. The molecule has 0 spiro atoms. The largest absolute Gasteiger partial charge is 0.262 e. The molecule has 1 heterocycles. The first-order valence-electron chi connectivity index (χ1n) is 6.87. The van der Waals surface area contributed by atoms with Crippen LogP contribution in [0.5, 0.6) is 0 Å². The molecule has 114 valence electrons. The highest BCUT2D eigenvalue weighted by Crippen LogP contribution is 2.23. The van der Waals surface area contributed by atoms with Gasteiger partial charge in [-0.05, 0) is 33.8 Å². The van der Waals surface area contributed by atoms with Gasteiger partial charge in [0.05, 0.1) is 0 Å². The van der Waals surface area contributed by atoms with E-state index in [9.17, 15) is 8.42 Å². The van der Waals surface area contributed by atoms with Gasteiger partial charge in [0.25, 0.3) is 0 Å². The van der Waals surface area contributed by atoms with Crippen LogP contribution in [0.25, 0.3) is 0 Å². The van der Waals surface area contributed by atoms with Crippen LogP contribution >= 0.6 is 15.9 Å².